The first-order valence-corrected chi connectivity index (χ1v) is 0. The first-order chi connectivity index (χ1) is 0. The quantitative estimate of drug-likeness (QED) is 0.353. The molecule has 0 aromatic carbocycles. The summed E-state index contributed by atoms with van der Waals surface area (Å²) in [6.45, 7) is 0. The van der Waals surface area contributed by atoms with E-state index in [2.05, 4.69) is 0 Å². The number of hydrogen-bond acceptors (Lipinski definition) is 0. The molecule has 0 bridgehead atoms. The molecule has 0 aliphatic heterocycles. The van der Waals surface area contributed by atoms with Gasteiger partial charge in [0.15, 0.2) is 0 Å². The molecule has 0 fully saturated rings. The van der Waals surface area contributed by atoms with Gasteiger partial charge in [0, 0.05) is 0 Å². The molecule has 0 rings (SSSR count). The normalized spacial score (nSPS) is 0. The molecule has 29 valence electrons. The second-order valence-electron chi connectivity index (χ2n) is 0. The molecule has 0 N–H and O–H groups in total. The maximum absolute atomic E-state index is 0. The van der Waals surface area contributed by atoms with Crippen LogP contribution in [0.1, 0.15) is 0 Å². The Bertz CT molecular complexity index is 6.85. The van der Waals surface area contributed by atoms with Crippen molar-refractivity contribution in [3.05, 3.63) is 0 Å². The van der Waals surface area contributed by atoms with Gasteiger partial charge in [0.1, 0.15) is 0 Å². The van der Waals surface area contributed by atoms with Crippen molar-refractivity contribution in [3.8, 4) is 0 Å². The molecule has 0 aromatic rings. The third kappa shape index (κ3) is 24.2. The molecule has 1 radical (unpaired) electrons. The van der Waals surface area contributed by atoms with Crippen LogP contribution in [0.5, 0.6) is 0 Å². The third-order valence-electron chi connectivity index (χ3n) is 0. The van der Waals surface area contributed by atoms with Crippen molar-refractivity contribution in [3.63, 3.8) is 0 Å². The molecule has 0 aliphatic rings. The summed E-state index contributed by atoms with van der Waals surface area (Å²) in [7, 11) is 0. The SMILES string of the molecule is [Eu+2].[F-].[F-].[F-].[Li+]. The number of hydrogen-bond donors (Lipinski definition) is 0. The minimum absolute atomic E-state index is 0. The minimum Gasteiger partial charge on any atom is -1.00 e. The van der Waals surface area contributed by atoms with Crippen molar-refractivity contribution >= 4 is 0 Å². The Morgan fingerprint density at radius 1 is 0.600 bits per heavy atom. The maximum Gasteiger partial charge on any atom is 2.00 e. The van der Waals surface area contributed by atoms with Crippen molar-refractivity contribution in [2.45, 2.75) is 0 Å². The van der Waals surface area contributed by atoms with Gasteiger partial charge >= 0.3 is 68.2 Å². The van der Waals surface area contributed by atoms with E-state index >= 15 is 0 Å². The molecular formula is EuF3Li. The van der Waals surface area contributed by atoms with Crippen LogP contribution in [0.25, 0.3) is 0 Å². The molecule has 0 atom stereocenters. The topological polar surface area (TPSA) is 0 Å². The van der Waals surface area contributed by atoms with Gasteiger partial charge in [0.05, 0.1) is 0 Å². The van der Waals surface area contributed by atoms with Gasteiger partial charge in [0.25, 0.3) is 0 Å². The van der Waals surface area contributed by atoms with Gasteiger partial charge < -0.3 is 14.1 Å². The Balaban J connectivity index is 0. The monoisotopic (exact) mass is 217 g/mol. The second kappa shape index (κ2) is 38.0. The molecule has 0 aliphatic carbocycles. The van der Waals surface area contributed by atoms with Gasteiger partial charge in [-0.3, -0.25) is 0 Å². The van der Waals surface area contributed by atoms with Gasteiger partial charge in [-0.25, -0.2) is 0 Å². The molecule has 0 saturated heterocycles. The van der Waals surface area contributed by atoms with Crippen LogP contribution >= 0.6 is 0 Å². The molecule has 0 spiro atoms. The molecule has 0 aromatic heterocycles. The van der Waals surface area contributed by atoms with E-state index in [1.807, 2.05) is 0 Å². The maximum atomic E-state index is 0. The summed E-state index contributed by atoms with van der Waals surface area (Å²) < 4.78 is 0. The van der Waals surface area contributed by atoms with E-state index in [1.165, 1.54) is 0 Å². The molecule has 0 heterocycles. The van der Waals surface area contributed by atoms with Crippen molar-refractivity contribution in [2.24, 2.45) is 0 Å². The Hall–Kier alpha value is 1.97. The Labute approximate surface area is 80.9 Å². The van der Waals surface area contributed by atoms with E-state index in [0.29, 0.717) is 0 Å². The van der Waals surface area contributed by atoms with Crippen molar-refractivity contribution in [2.75, 3.05) is 0 Å². The van der Waals surface area contributed by atoms with Crippen molar-refractivity contribution in [1.82, 2.24) is 0 Å². The third-order valence-corrected chi connectivity index (χ3v) is 0. The smallest absolute Gasteiger partial charge is 1.00 e. The summed E-state index contributed by atoms with van der Waals surface area (Å²) in [5.41, 5.74) is 0. The largest absolute Gasteiger partial charge is 2.00 e. The van der Waals surface area contributed by atoms with Gasteiger partial charge in [-0.1, -0.05) is 0 Å². The van der Waals surface area contributed by atoms with Crippen LogP contribution in [0, 0.1) is 49.4 Å². The molecule has 0 nitrogen and oxygen atoms in total. The van der Waals surface area contributed by atoms with E-state index in [-0.39, 0.29) is 82.4 Å². The molecule has 5 heteroatoms. The van der Waals surface area contributed by atoms with E-state index in [1.54, 1.807) is 0 Å². The van der Waals surface area contributed by atoms with E-state index in [4.69, 9.17) is 0 Å². The van der Waals surface area contributed by atoms with Crippen LogP contribution in [0.15, 0.2) is 0 Å². The zero-order valence-corrected chi connectivity index (χ0v) is 4.94. The summed E-state index contributed by atoms with van der Waals surface area (Å²) in [4.78, 5) is 0. The van der Waals surface area contributed by atoms with Crippen LogP contribution in [0.4, 0.5) is 0 Å². The fourth-order valence-corrected chi connectivity index (χ4v) is 0. The van der Waals surface area contributed by atoms with Crippen LogP contribution in [-0.2, 0) is 0 Å². The Morgan fingerprint density at radius 3 is 0.600 bits per heavy atom. The Kier molecular flexibility index (Phi) is 486. The molecule has 0 unspecified atom stereocenters. The standard InChI is InChI=1S/Eu.3FH.Li/h;3*1H;/q+2;;;;+1/p-3. The van der Waals surface area contributed by atoms with Crippen LogP contribution in [0.3, 0.4) is 0 Å². The second-order valence-corrected chi connectivity index (χ2v) is 0. The van der Waals surface area contributed by atoms with Crippen molar-refractivity contribution < 1.29 is 82.4 Å². The first kappa shape index (κ1) is 63.9. The molecular weight excluding hydrogens is 216 g/mol. The summed E-state index contributed by atoms with van der Waals surface area (Å²) in [6, 6.07) is 0. The zero-order chi connectivity index (χ0) is 0. The summed E-state index contributed by atoms with van der Waals surface area (Å²) in [5, 5.41) is 0. The predicted molar refractivity (Wildman–Crippen MR) is 0 cm³/mol. The minimum atomic E-state index is 0. The van der Waals surface area contributed by atoms with Gasteiger partial charge in [-0.05, 0) is 0 Å². The van der Waals surface area contributed by atoms with Crippen LogP contribution < -0.4 is 33.0 Å². The molecule has 5 heavy (non-hydrogen) atoms. The predicted octanol–water partition coefficient (Wildman–Crippen LogP) is -12.0. The van der Waals surface area contributed by atoms with E-state index in [9.17, 15) is 0 Å². The van der Waals surface area contributed by atoms with Crippen molar-refractivity contribution in [1.29, 1.82) is 0 Å². The first-order valence-electron chi connectivity index (χ1n) is 0. The molecule has 0 saturated carbocycles. The summed E-state index contributed by atoms with van der Waals surface area (Å²) in [5.74, 6) is 0. The van der Waals surface area contributed by atoms with E-state index in [0.717, 1.165) is 0 Å². The average Bonchev–Trinajstić information content (AvgIpc) is 0. The van der Waals surface area contributed by atoms with Gasteiger partial charge in [0.2, 0.25) is 0 Å². The fraction of sp³-hybridized carbons (Fsp3) is 0. The number of rotatable bonds is 0. The summed E-state index contributed by atoms with van der Waals surface area (Å²) >= 11 is 0. The van der Waals surface area contributed by atoms with E-state index < -0.39 is 0 Å². The Morgan fingerprint density at radius 2 is 0.600 bits per heavy atom. The summed E-state index contributed by atoms with van der Waals surface area (Å²) in [6.07, 6.45) is 0. The zero-order valence-electron chi connectivity index (χ0n) is 2.51. The molecule has 0 amide bonds. The van der Waals surface area contributed by atoms with Crippen LogP contribution in [-0.4, -0.2) is 0 Å². The average molecular weight is 216 g/mol. The van der Waals surface area contributed by atoms with Gasteiger partial charge in [-0.2, -0.15) is 0 Å². The fourth-order valence-electron chi connectivity index (χ4n) is 0. The number of halogens is 3. The van der Waals surface area contributed by atoms with Gasteiger partial charge in [-0.15, -0.1) is 0 Å². The van der Waals surface area contributed by atoms with Crippen LogP contribution in [0.2, 0.25) is 0 Å².